The van der Waals surface area contributed by atoms with Crippen molar-refractivity contribution in [1.82, 2.24) is 0 Å². The predicted molar refractivity (Wildman–Crippen MR) is 149 cm³/mol. The van der Waals surface area contributed by atoms with Gasteiger partial charge < -0.3 is 19.4 Å². The summed E-state index contributed by atoms with van der Waals surface area (Å²) in [5.74, 6) is -1.64. The molecule has 0 aliphatic heterocycles. The molecule has 1 aromatic heterocycles. The molecule has 1 unspecified atom stereocenters. The average molecular weight is 551 g/mol. The first-order valence-electron chi connectivity index (χ1n) is 12.8. The minimum atomic E-state index is -1.15. The maximum atomic E-state index is 13.2. The monoisotopic (exact) mass is 550 g/mol. The van der Waals surface area contributed by atoms with Crippen LogP contribution in [0.15, 0.2) is 68.7 Å². The van der Waals surface area contributed by atoms with E-state index in [9.17, 15) is 28.8 Å². The van der Waals surface area contributed by atoms with E-state index in [2.05, 4.69) is 0 Å². The lowest BCUT2D eigenvalue weighted by Crippen LogP contribution is -2.08. The van der Waals surface area contributed by atoms with E-state index in [0.717, 1.165) is 37.0 Å². The lowest BCUT2D eigenvalue weighted by Gasteiger charge is -2.13. The molecule has 0 spiro atoms. The molecule has 39 heavy (non-hydrogen) atoms. The number of aromatic carboxylic acids is 1. The molecule has 0 saturated carbocycles. The second-order valence-corrected chi connectivity index (χ2v) is 10.8. The molecular weight excluding hydrogens is 520 g/mol. The molecule has 0 aliphatic carbocycles. The highest BCUT2D eigenvalue weighted by molar-refractivity contribution is 7.84. The van der Waals surface area contributed by atoms with Gasteiger partial charge in [-0.05, 0) is 73.2 Å². The van der Waals surface area contributed by atoms with Crippen molar-refractivity contribution in [2.45, 2.75) is 49.8 Å². The van der Waals surface area contributed by atoms with Gasteiger partial charge in [-0.2, -0.15) is 0 Å². The van der Waals surface area contributed by atoms with E-state index in [1.807, 2.05) is 24.3 Å². The Kier molecular flexibility index (Phi) is 9.14. The van der Waals surface area contributed by atoms with Gasteiger partial charge >= 0.3 is 11.9 Å². The first-order chi connectivity index (χ1) is 18.7. The minimum Gasteiger partial charge on any atom is -0.493 e. The number of hydrogen-bond donors (Lipinski definition) is 2. The topological polar surface area (TPSA) is 131 Å². The minimum absolute atomic E-state index is 0.0210. The molecule has 1 atom stereocenters. The third-order valence-electron chi connectivity index (χ3n) is 6.58. The number of rotatable bonds is 13. The molecule has 2 N–H and O–H groups in total. The second-order valence-electron chi connectivity index (χ2n) is 9.41. The van der Waals surface area contributed by atoms with Gasteiger partial charge in [-0.3, -0.25) is 13.8 Å². The Morgan fingerprint density at radius 3 is 2.28 bits per heavy atom. The van der Waals surface area contributed by atoms with Crippen LogP contribution >= 0.6 is 0 Å². The lowest BCUT2D eigenvalue weighted by molar-refractivity contribution is -0.136. The van der Waals surface area contributed by atoms with Gasteiger partial charge in [0.25, 0.3) is 0 Å². The van der Waals surface area contributed by atoms with Crippen LogP contribution in [0.1, 0.15) is 53.6 Å². The number of carbonyl (C=O) groups is 2. The first kappa shape index (κ1) is 28.0. The molecule has 9 heteroatoms. The molecule has 0 saturated heterocycles. The van der Waals surface area contributed by atoms with E-state index in [4.69, 9.17) is 9.15 Å². The molecule has 4 aromatic rings. The van der Waals surface area contributed by atoms with E-state index >= 15 is 0 Å². The Bertz CT molecular complexity index is 1590. The predicted octanol–water partition coefficient (Wildman–Crippen LogP) is 5.58. The molecule has 0 fully saturated rings. The number of aliphatic carboxylic acids is 1. The highest BCUT2D eigenvalue weighted by Crippen LogP contribution is 2.29. The average Bonchev–Trinajstić information content (AvgIpc) is 2.91. The maximum Gasteiger partial charge on any atom is 0.335 e. The Morgan fingerprint density at radius 1 is 0.872 bits per heavy atom. The second kappa shape index (κ2) is 12.7. The smallest absolute Gasteiger partial charge is 0.335 e. The number of ether oxygens (including phenoxy) is 1. The lowest BCUT2D eigenvalue weighted by atomic mass is 10.0. The van der Waals surface area contributed by atoms with Crippen LogP contribution in [0, 0.1) is 0 Å². The van der Waals surface area contributed by atoms with E-state index < -0.39 is 22.7 Å². The van der Waals surface area contributed by atoms with Crippen LogP contribution in [0.4, 0.5) is 0 Å². The molecule has 4 rings (SSSR count). The summed E-state index contributed by atoms with van der Waals surface area (Å²) in [6.45, 7) is 0.433. The van der Waals surface area contributed by atoms with Crippen LogP contribution in [0.5, 0.6) is 5.75 Å². The number of unbranched alkanes of at least 4 members (excludes halogenated alkanes) is 3. The van der Waals surface area contributed by atoms with Gasteiger partial charge in [-0.15, -0.1) is 0 Å². The highest BCUT2D eigenvalue weighted by atomic mass is 32.2. The molecule has 204 valence electrons. The standard InChI is InChI=1S/C30H30O8S/c1-39(36)22-11-7-19(8-12-22)6-4-2-3-5-15-37-26-18-27-24(16-20(26)10-14-28(31)32)29(33)23-17-21(30(34)35)9-13-25(23)38-27/h7-9,11-13,16-18H,2-6,10,14-15H2,1H3,(H,31,32)(H,34,35). The number of aryl methyl sites for hydroxylation is 2. The van der Waals surface area contributed by atoms with E-state index in [-0.39, 0.29) is 40.2 Å². The molecule has 1 heterocycles. The van der Waals surface area contributed by atoms with Gasteiger partial charge in [-0.1, -0.05) is 25.0 Å². The summed E-state index contributed by atoms with van der Waals surface area (Å²) in [7, 11) is -0.972. The summed E-state index contributed by atoms with van der Waals surface area (Å²) < 4.78 is 23.4. The van der Waals surface area contributed by atoms with Crippen molar-refractivity contribution in [3.8, 4) is 5.75 Å². The first-order valence-corrected chi connectivity index (χ1v) is 14.3. The fourth-order valence-electron chi connectivity index (χ4n) is 4.45. The summed E-state index contributed by atoms with van der Waals surface area (Å²) in [4.78, 5) is 36.5. The molecule has 8 nitrogen and oxygen atoms in total. The Hall–Kier alpha value is -3.98. The summed E-state index contributed by atoms with van der Waals surface area (Å²) in [6.07, 6.45) is 6.48. The number of carboxylic acid groups (broad SMARTS) is 2. The van der Waals surface area contributed by atoms with Crippen molar-refractivity contribution < 1.29 is 33.2 Å². The molecule has 3 aromatic carbocycles. The zero-order valence-electron chi connectivity index (χ0n) is 21.6. The van der Waals surface area contributed by atoms with E-state index in [0.29, 0.717) is 23.5 Å². The van der Waals surface area contributed by atoms with Crippen LogP contribution in [0.25, 0.3) is 21.9 Å². The fourth-order valence-corrected chi connectivity index (χ4v) is 4.97. The number of benzene rings is 3. The van der Waals surface area contributed by atoms with Crippen LogP contribution in [0.3, 0.4) is 0 Å². The normalized spacial score (nSPS) is 12.0. The summed E-state index contributed by atoms with van der Waals surface area (Å²) in [6, 6.07) is 15.2. The highest BCUT2D eigenvalue weighted by Gasteiger charge is 2.16. The zero-order chi connectivity index (χ0) is 27.9. The number of fused-ring (bicyclic) bond motifs is 2. The quantitative estimate of drug-likeness (QED) is 0.163. The van der Waals surface area contributed by atoms with Crippen LogP contribution in [0.2, 0.25) is 0 Å². The number of hydrogen-bond acceptors (Lipinski definition) is 6. The van der Waals surface area contributed by atoms with Crippen LogP contribution in [-0.4, -0.2) is 39.2 Å². The van der Waals surface area contributed by atoms with E-state index in [1.165, 1.54) is 23.8 Å². The molecule has 0 radical (unpaired) electrons. The van der Waals surface area contributed by atoms with Gasteiger partial charge in [0, 0.05) is 34.4 Å². The zero-order valence-corrected chi connectivity index (χ0v) is 22.4. The van der Waals surface area contributed by atoms with Gasteiger partial charge in [0.15, 0.2) is 0 Å². The fraction of sp³-hybridized carbons (Fsp3) is 0.300. The maximum absolute atomic E-state index is 13.2. The van der Waals surface area contributed by atoms with Crippen LogP contribution < -0.4 is 10.2 Å². The molecular formula is C30H30O8S. The van der Waals surface area contributed by atoms with Crippen molar-refractivity contribution >= 4 is 44.7 Å². The molecule has 0 bridgehead atoms. The Labute approximate surface area is 227 Å². The van der Waals surface area contributed by atoms with Gasteiger partial charge in [0.2, 0.25) is 5.43 Å². The van der Waals surface area contributed by atoms with Gasteiger partial charge in [0.1, 0.15) is 16.9 Å². The summed E-state index contributed by atoms with van der Waals surface area (Å²) >= 11 is 0. The summed E-state index contributed by atoms with van der Waals surface area (Å²) in [5, 5.41) is 18.8. The Morgan fingerprint density at radius 2 is 1.59 bits per heavy atom. The van der Waals surface area contributed by atoms with Crippen LogP contribution in [-0.2, 0) is 28.4 Å². The molecule has 0 amide bonds. The SMILES string of the molecule is CS(=O)c1ccc(CCCCCCOc2cc3oc4ccc(C(=O)O)cc4c(=O)c3cc2CCC(=O)O)cc1. The third-order valence-corrected chi connectivity index (χ3v) is 7.52. The van der Waals surface area contributed by atoms with Crippen molar-refractivity contribution in [3.63, 3.8) is 0 Å². The van der Waals surface area contributed by atoms with Crippen molar-refractivity contribution in [1.29, 1.82) is 0 Å². The number of carboxylic acids is 2. The molecule has 0 aliphatic rings. The third kappa shape index (κ3) is 7.11. The largest absolute Gasteiger partial charge is 0.493 e. The van der Waals surface area contributed by atoms with Gasteiger partial charge in [0.05, 0.1) is 22.9 Å². The Balaban J connectivity index is 1.42. The van der Waals surface area contributed by atoms with Crippen molar-refractivity contribution in [2.24, 2.45) is 0 Å². The van der Waals surface area contributed by atoms with Gasteiger partial charge in [-0.25, -0.2) is 4.79 Å². The summed E-state index contributed by atoms with van der Waals surface area (Å²) in [5.41, 5.74) is 1.96. The van der Waals surface area contributed by atoms with Crippen molar-refractivity contribution in [3.05, 3.63) is 81.5 Å². The van der Waals surface area contributed by atoms with E-state index in [1.54, 1.807) is 18.4 Å². The van der Waals surface area contributed by atoms with Crippen molar-refractivity contribution in [2.75, 3.05) is 12.9 Å².